The maximum atomic E-state index is 5.41. The molecule has 0 spiro atoms. The Morgan fingerprint density at radius 2 is 2.12 bits per heavy atom. The summed E-state index contributed by atoms with van der Waals surface area (Å²) in [5.41, 5.74) is 2.82. The number of nitrogens with one attached hydrogen (secondary N) is 1. The SMILES string of the molecule is CNC(CCc1ccccc1)C1=COCCC1. The van der Waals surface area contributed by atoms with E-state index in [4.69, 9.17) is 4.74 Å². The number of rotatable bonds is 5. The second-order valence-corrected chi connectivity index (χ2v) is 4.53. The molecule has 0 radical (unpaired) electrons. The number of likely N-dealkylation sites (N-methyl/N-ethyl adjacent to an activating group) is 1. The minimum atomic E-state index is 0.454. The summed E-state index contributed by atoms with van der Waals surface area (Å²) in [6, 6.07) is 11.1. The molecule has 1 atom stereocenters. The van der Waals surface area contributed by atoms with Gasteiger partial charge in [0, 0.05) is 6.04 Å². The number of ether oxygens (including phenoxy) is 1. The van der Waals surface area contributed by atoms with E-state index in [-0.39, 0.29) is 0 Å². The molecule has 0 saturated heterocycles. The van der Waals surface area contributed by atoms with E-state index in [9.17, 15) is 0 Å². The molecule has 1 heterocycles. The Morgan fingerprint density at radius 3 is 2.76 bits per heavy atom. The van der Waals surface area contributed by atoms with Crippen LogP contribution in [0.4, 0.5) is 0 Å². The van der Waals surface area contributed by atoms with Crippen LogP contribution in [0.15, 0.2) is 42.2 Å². The van der Waals surface area contributed by atoms with Gasteiger partial charge >= 0.3 is 0 Å². The first-order valence-electron chi connectivity index (χ1n) is 6.42. The largest absolute Gasteiger partial charge is 0.501 e. The summed E-state index contributed by atoms with van der Waals surface area (Å²) in [7, 11) is 2.03. The molecule has 1 aliphatic rings. The first kappa shape index (κ1) is 12.2. The summed E-state index contributed by atoms with van der Waals surface area (Å²) in [5.74, 6) is 0. The fourth-order valence-corrected chi connectivity index (χ4v) is 2.31. The quantitative estimate of drug-likeness (QED) is 0.841. The van der Waals surface area contributed by atoms with Crippen molar-refractivity contribution in [3.8, 4) is 0 Å². The average Bonchev–Trinajstić information content (AvgIpc) is 2.42. The molecule has 2 heteroatoms. The molecule has 0 aliphatic carbocycles. The van der Waals surface area contributed by atoms with Crippen molar-refractivity contribution < 1.29 is 4.74 Å². The molecule has 0 amide bonds. The van der Waals surface area contributed by atoms with Gasteiger partial charge in [-0.25, -0.2) is 0 Å². The lowest BCUT2D eigenvalue weighted by molar-refractivity contribution is 0.219. The molecule has 1 unspecified atom stereocenters. The fraction of sp³-hybridized carbons (Fsp3) is 0.467. The lowest BCUT2D eigenvalue weighted by Gasteiger charge is -2.22. The van der Waals surface area contributed by atoms with Gasteiger partial charge in [-0.2, -0.15) is 0 Å². The summed E-state index contributed by atoms with van der Waals surface area (Å²) in [4.78, 5) is 0. The molecule has 0 saturated carbocycles. The molecule has 0 aromatic heterocycles. The molecule has 1 aromatic carbocycles. The van der Waals surface area contributed by atoms with E-state index in [0.29, 0.717) is 6.04 Å². The lowest BCUT2D eigenvalue weighted by atomic mass is 9.96. The Morgan fingerprint density at radius 1 is 1.29 bits per heavy atom. The van der Waals surface area contributed by atoms with Gasteiger partial charge in [-0.1, -0.05) is 30.3 Å². The Balaban J connectivity index is 1.89. The third-order valence-corrected chi connectivity index (χ3v) is 3.32. The number of benzene rings is 1. The Labute approximate surface area is 104 Å². The molecule has 2 nitrogen and oxygen atoms in total. The van der Waals surface area contributed by atoms with Crippen molar-refractivity contribution in [2.24, 2.45) is 0 Å². The predicted molar refractivity (Wildman–Crippen MR) is 70.9 cm³/mol. The molecule has 1 aromatic rings. The van der Waals surface area contributed by atoms with Crippen molar-refractivity contribution >= 4 is 0 Å². The van der Waals surface area contributed by atoms with Crippen molar-refractivity contribution in [2.45, 2.75) is 31.7 Å². The van der Waals surface area contributed by atoms with Crippen molar-refractivity contribution in [1.82, 2.24) is 5.32 Å². The van der Waals surface area contributed by atoms with Crippen LogP contribution in [0, 0.1) is 0 Å². The van der Waals surface area contributed by atoms with Crippen molar-refractivity contribution in [3.63, 3.8) is 0 Å². The number of hydrogen-bond acceptors (Lipinski definition) is 2. The van der Waals surface area contributed by atoms with Gasteiger partial charge in [0.1, 0.15) is 0 Å². The summed E-state index contributed by atoms with van der Waals surface area (Å²) in [6.45, 7) is 0.874. The van der Waals surface area contributed by atoms with Gasteiger partial charge in [0.2, 0.25) is 0 Å². The summed E-state index contributed by atoms with van der Waals surface area (Å²) >= 11 is 0. The van der Waals surface area contributed by atoms with Crippen LogP contribution < -0.4 is 5.32 Å². The molecule has 1 N–H and O–H groups in total. The smallest absolute Gasteiger partial charge is 0.0876 e. The molecular weight excluding hydrogens is 210 g/mol. The number of aryl methyl sites for hydroxylation is 1. The highest BCUT2D eigenvalue weighted by Crippen LogP contribution is 2.19. The lowest BCUT2D eigenvalue weighted by Crippen LogP contribution is -2.29. The van der Waals surface area contributed by atoms with Crippen molar-refractivity contribution in [1.29, 1.82) is 0 Å². The predicted octanol–water partition coefficient (Wildman–Crippen LogP) is 2.90. The van der Waals surface area contributed by atoms with Crippen LogP contribution in [0.1, 0.15) is 24.8 Å². The fourth-order valence-electron chi connectivity index (χ4n) is 2.31. The third-order valence-electron chi connectivity index (χ3n) is 3.32. The molecule has 1 aliphatic heterocycles. The van der Waals surface area contributed by atoms with E-state index in [1.165, 1.54) is 17.6 Å². The first-order valence-corrected chi connectivity index (χ1v) is 6.42. The van der Waals surface area contributed by atoms with Gasteiger partial charge in [0.05, 0.1) is 12.9 Å². The molecular formula is C15H21NO. The number of hydrogen-bond donors (Lipinski definition) is 1. The maximum absolute atomic E-state index is 5.41. The second kappa shape index (κ2) is 6.45. The summed E-state index contributed by atoms with van der Waals surface area (Å²) in [5, 5.41) is 3.39. The normalized spacial score (nSPS) is 17.1. The van der Waals surface area contributed by atoms with Gasteiger partial charge in [0.25, 0.3) is 0 Å². The van der Waals surface area contributed by atoms with E-state index in [1.54, 1.807) is 0 Å². The average molecular weight is 231 g/mol. The van der Waals surface area contributed by atoms with Crippen LogP contribution in [0.3, 0.4) is 0 Å². The summed E-state index contributed by atoms with van der Waals surface area (Å²) < 4.78 is 5.41. The molecule has 0 bridgehead atoms. The zero-order valence-corrected chi connectivity index (χ0v) is 10.5. The van der Waals surface area contributed by atoms with Crippen LogP contribution in [-0.2, 0) is 11.2 Å². The van der Waals surface area contributed by atoms with Gasteiger partial charge < -0.3 is 10.1 Å². The Kier molecular flexibility index (Phi) is 4.63. The standard InChI is InChI=1S/C15H21NO/c1-16-15(14-8-5-11-17-12-14)10-9-13-6-3-2-4-7-13/h2-4,6-7,12,15-16H,5,8-11H2,1H3. The molecule has 0 fully saturated rings. The van der Waals surface area contributed by atoms with Gasteiger partial charge in [0.15, 0.2) is 0 Å². The van der Waals surface area contributed by atoms with E-state index in [0.717, 1.165) is 25.9 Å². The second-order valence-electron chi connectivity index (χ2n) is 4.53. The highest BCUT2D eigenvalue weighted by molar-refractivity contribution is 5.17. The van der Waals surface area contributed by atoms with E-state index in [2.05, 4.69) is 35.6 Å². The van der Waals surface area contributed by atoms with E-state index >= 15 is 0 Å². The maximum Gasteiger partial charge on any atom is 0.0876 e. The highest BCUT2D eigenvalue weighted by Gasteiger charge is 2.15. The van der Waals surface area contributed by atoms with Crippen LogP contribution >= 0.6 is 0 Å². The van der Waals surface area contributed by atoms with Crippen molar-refractivity contribution in [2.75, 3.05) is 13.7 Å². The van der Waals surface area contributed by atoms with Crippen molar-refractivity contribution in [3.05, 3.63) is 47.7 Å². The summed E-state index contributed by atoms with van der Waals surface area (Å²) in [6.07, 6.45) is 6.52. The molecule has 92 valence electrons. The van der Waals surface area contributed by atoms with Crippen LogP contribution in [0.25, 0.3) is 0 Å². The van der Waals surface area contributed by atoms with Gasteiger partial charge in [-0.15, -0.1) is 0 Å². The van der Waals surface area contributed by atoms with E-state index in [1.807, 2.05) is 13.3 Å². The molecule has 2 rings (SSSR count). The Hall–Kier alpha value is -1.28. The molecule has 17 heavy (non-hydrogen) atoms. The zero-order valence-electron chi connectivity index (χ0n) is 10.5. The van der Waals surface area contributed by atoms with Gasteiger partial charge in [-0.05, 0) is 43.9 Å². The van der Waals surface area contributed by atoms with Gasteiger partial charge in [-0.3, -0.25) is 0 Å². The van der Waals surface area contributed by atoms with Crippen LogP contribution in [0.5, 0.6) is 0 Å². The minimum Gasteiger partial charge on any atom is -0.501 e. The van der Waals surface area contributed by atoms with Crippen LogP contribution in [-0.4, -0.2) is 19.7 Å². The van der Waals surface area contributed by atoms with E-state index < -0.39 is 0 Å². The van der Waals surface area contributed by atoms with Crippen LogP contribution in [0.2, 0.25) is 0 Å². The minimum absolute atomic E-state index is 0.454. The highest BCUT2D eigenvalue weighted by atomic mass is 16.5. The topological polar surface area (TPSA) is 21.3 Å². The first-order chi connectivity index (χ1) is 8.40. The zero-order chi connectivity index (χ0) is 11.9. The third kappa shape index (κ3) is 3.60. The monoisotopic (exact) mass is 231 g/mol. The Bertz CT molecular complexity index is 358.